The van der Waals surface area contributed by atoms with Gasteiger partial charge in [0.15, 0.2) is 0 Å². The zero-order chi connectivity index (χ0) is 9.84. The van der Waals surface area contributed by atoms with Gasteiger partial charge in [-0.1, -0.05) is 38.2 Å². The fraction of sp³-hybridized carbons (Fsp3) is 0.417. The van der Waals surface area contributed by atoms with Gasteiger partial charge in [0.25, 0.3) is 0 Å². The summed E-state index contributed by atoms with van der Waals surface area (Å²) in [5.41, 5.74) is 1.35. The van der Waals surface area contributed by atoms with Crippen LogP contribution in [0.3, 0.4) is 0 Å². The SMILES string of the molecule is C=CC1C=CC=C(C(C)C)C1N=C. The Morgan fingerprint density at radius 2 is 2.23 bits per heavy atom. The van der Waals surface area contributed by atoms with Crippen molar-refractivity contribution in [2.24, 2.45) is 16.8 Å². The largest absolute Gasteiger partial charge is 0.292 e. The minimum Gasteiger partial charge on any atom is -0.292 e. The van der Waals surface area contributed by atoms with Crippen molar-refractivity contribution >= 4 is 6.72 Å². The van der Waals surface area contributed by atoms with Crippen LogP contribution >= 0.6 is 0 Å². The van der Waals surface area contributed by atoms with Gasteiger partial charge in [0.2, 0.25) is 0 Å². The lowest BCUT2D eigenvalue weighted by atomic mass is 9.83. The molecule has 1 aliphatic rings. The lowest BCUT2D eigenvalue weighted by molar-refractivity contribution is 0.580. The zero-order valence-corrected chi connectivity index (χ0v) is 8.40. The fourth-order valence-electron chi connectivity index (χ4n) is 1.69. The monoisotopic (exact) mass is 175 g/mol. The second kappa shape index (κ2) is 4.22. The van der Waals surface area contributed by atoms with E-state index in [0.29, 0.717) is 11.8 Å². The van der Waals surface area contributed by atoms with Gasteiger partial charge >= 0.3 is 0 Å². The zero-order valence-electron chi connectivity index (χ0n) is 8.40. The fourth-order valence-corrected chi connectivity index (χ4v) is 1.69. The summed E-state index contributed by atoms with van der Waals surface area (Å²) in [6.07, 6.45) is 8.29. The van der Waals surface area contributed by atoms with Gasteiger partial charge in [-0.25, -0.2) is 0 Å². The van der Waals surface area contributed by atoms with Crippen LogP contribution in [0.15, 0.2) is 41.4 Å². The van der Waals surface area contributed by atoms with E-state index in [1.165, 1.54) is 5.57 Å². The van der Waals surface area contributed by atoms with Gasteiger partial charge in [-0.3, -0.25) is 4.99 Å². The van der Waals surface area contributed by atoms with E-state index in [2.05, 4.69) is 50.4 Å². The number of aliphatic imine (C=N–C) groups is 1. The summed E-state index contributed by atoms with van der Waals surface area (Å²) >= 11 is 0. The van der Waals surface area contributed by atoms with Crippen LogP contribution in [0.4, 0.5) is 0 Å². The first-order valence-electron chi connectivity index (χ1n) is 4.67. The van der Waals surface area contributed by atoms with Gasteiger partial charge < -0.3 is 0 Å². The van der Waals surface area contributed by atoms with E-state index in [1.807, 2.05) is 6.08 Å². The average Bonchev–Trinajstić information content (AvgIpc) is 2.16. The van der Waals surface area contributed by atoms with E-state index in [-0.39, 0.29) is 6.04 Å². The third-order valence-electron chi connectivity index (χ3n) is 2.46. The Bertz CT molecular complexity index is 258. The highest BCUT2D eigenvalue weighted by atomic mass is 14.8. The van der Waals surface area contributed by atoms with E-state index < -0.39 is 0 Å². The molecule has 0 bridgehead atoms. The molecule has 0 heterocycles. The van der Waals surface area contributed by atoms with Gasteiger partial charge in [-0.15, -0.1) is 6.58 Å². The Hall–Kier alpha value is -1.11. The van der Waals surface area contributed by atoms with Crippen molar-refractivity contribution in [2.45, 2.75) is 19.9 Å². The first-order chi connectivity index (χ1) is 6.20. The predicted molar refractivity (Wildman–Crippen MR) is 59.1 cm³/mol. The Morgan fingerprint density at radius 1 is 1.54 bits per heavy atom. The second-order valence-corrected chi connectivity index (χ2v) is 3.65. The second-order valence-electron chi connectivity index (χ2n) is 3.65. The first kappa shape index (κ1) is 9.97. The standard InChI is InChI=1S/C12H17N/c1-5-10-7-6-8-11(9(2)3)12(10)13-4/h5-10,12H,1,4H2,2-3H3. The quantitative estimate of drug-likeness (QED) is 0.462. The lowest BCUT2D eigenvalue weighted by Gasteiger charge is -2.26. The lowest BCUT2D eigenvalue weighted by Crippen LogP contribution is -2.22. The summed E-state index contributed by atoms with van der Waals surface area (Å²) in [5, 5.41) is 0. The maximum absolute atomic E-state index is 4.16. The van der Waals surface area contributed by atoms with Gasteiger partial charge in [0, 0.05) is 5.92 Å². The maximum atomic E-state index is 4.16. The molecule has 70 valence electrons. The summed E-state index contributed by atoms with van der Waals surface area (Å²) in [7, 11) is 0. The molecule has 0 saturated carbocycles. The van der Waals surface area contributed by atoms with Crippen LogP contribution in [0.25, 0.3) is 0 Å². The van der Waals surface area contributed by atoms with Crippen molar-refractivity contribution in [3.8, 4) is 0 Å². The van der Waals surface area contributed by atoms with Crippen molar-refractivity contribution in [3.63, 3.8) is 0 Å². The predicted octanol–water partition coefficient (Wildman–Crippen LogP) is 3.01. The van der Waals surface area contributed by atoms with Crippen LogP contribution in [0.1, 0.15) is 13.8 Å². The van der Waals surface area contributed by atoms with Crippen molar-refractivity contribution in [3.05, 3.63) is 36.5 Å². The third kappa shape index (κ3) is 1.97. The first-order valence-corrected chi connectivity index (χ1v) is 4.67. The van der Waals surface area contributed by atoms with Crippen LogP contribution in [0.5, 0.6) is 0 Å². The molecule has 0 amide bonds. The molecule has 1 rings (SSSR count). The van der Waals surface area contributed by atoms with Crippen LogP contribution in [-0.4, -0.2) is 12.8 Å². The molecule has 1 aliphatic carbocycles. The molecular formula is C12H17N. The highest BCUT2D eigenvalue weighted by Gasteiger charge is 2.22. The van der Waals surface area contributed by atoms with E-state index in [1.54, 1.807) is 0 Å². The molecule has 0 saturated heterocycles. The van der Waals surface area contributed by atoms with Gasteiger partial charge in [-0.2, -0.15) is 0 Å². The van der Waals surface area contributed by atoms with Crippen LogP contribution in [0.2, 0.25) is 0 Å². The minimum atomic E-state index is 0.197. The van der Waals surface area contributed by atoms with Crippen molar-refractivity contribution < 1.29 is 0 Å². The molecule has 13 heavy (non-hydrogen) atoms. The Balaban J connectivity index is 2.94. The number of allylic oxidation sites excluding steroid dienone is 2. The Labute approximate surface area is 80.6 Å². The molecule has 0 aromatic rings. The molecule has 0 spiro atoms. The van der Waals surface area contributed by atoms with E-state index in [0.717, 1.165) is 0 Å². The minimum absolute atomic E-state index is 0.197. The highest BCUT2D eigenvalue weighted by molar-refractivity contribution is 5.35. The Morgan fingerprint density at radius 3 is 2.69 bits per heavy atom. The molecule has 1 nitrogen and oxygen atoms in total. The molecule has 0 aliphatic heterocycles. The molecule has 0 N–H and O–H groups in total. The maximum Gasteiger partial charge on any atom is 0.0804 e. The van der Waals surface area contributed by atoms with Crippen LogP contribution < -0.4 is 0 Å². The molecular weight excluding hydrogens is 158 g/mol. The normalized spacial score (nSPS) is 27.2. The van der Waals surface area contributed by atoms with Crippen molar-refractivity contribution in [2.75, 3.05) is 0 Å². The average molecular weight is 175 g/mol. The van der Waals surface area contributed by atoms with E-state index in [4.69, 9.17) is 0 Å². The molecule has 0 fully saturated rings. The third-order valence-corrected chi connectivity index (χ3v) is 2.46. The van der Waals surface area contributed by atoms with E-state index >= 15 is 0 Å². The summed E-state index contributed by atoms with van der Waals surface area (Å²) in [4.78, 5) is 4.16. The number of rotatable bonds is 3. The molecule has 1 heteroatoms. The molecule has 0 aromatic carbocycles. The molecule has 0 aromatic heterocycles. The summed E-state index contributed by atoms with van der Waals surface area (Å²) < 4.78 is 0. The van der Waals surface area contributed by atoms with E-state index in [9.17, 15) is 0 Å². The van der Waals surface area contributed by atoms with Gasteiger partial charge in [0.05, 0.1) is 6.04 Å². The molecule has 2 unspecified atom stereocenters. The van der Waals surface area contributed by atoms with Gasteiger partial charge in [-0.05, 0) is 18.2 Å². The summed E-state index contributed by atoms with van der Waals surface area (Å²) in [6.45, 7) is 11.8. The smallest absolute Gasteiger partial charge is 0.0804 e. The number of hydrogen-bond donors (Lipinski definition) is 0. The number of hydrogen-bond acceptors (Lipinski definition) is 1. The molecule has 2 atom stereocenters. The van der Waals surface area contributed by atoms with Gasteiger partial charge in [0.1, 0.15) is 0 Å². The van der Waals surface area contributed by atoms with Crippen LogP contribution in [-0.2, 0) is 0 Å². The number of nitrogens with zero attached hydrogens (tertiary/aromatic N) is 1. The summed E-state index contributed by atoms with van der Waals surface area (Å²) in [5.74, 6) is 0.850. The van der Waals surface area contributed by atoms with Crippen molar-refractivity contribution in [1.82, 2.24) is 0 Å². The highest BCUT2D eigenvalue weighted by Crippen LogP contribution is 2.28. The Kier molecular flexibility index (Phi) is 3.24. The van der Waals surface area contributed by atoms with Crippen LogP contribution in [0, 0.1) is 11.8 Å². The van der Waals surface area contributed by atoms with Crippen molar-refractivity contribution in [1.29, 1.82) is 0 Å². The topological polar surface area (TPSA) is 12.4 Å². The summed E-state index contributed by atoms with van der Waals surface area (Å²) in [6, 6.07) is 0.197. The molecule has 0 radical (unpaired) electrons.